The van der Waals surface area contributed by atoms with Crippen molar-refractivity contribution < 1.29 is 5.11 Å². The molecule has 1 aromatic rings. The molecule has 0 spiro atoms. The summed E-state index contributed by atoms with van der Waals surface area (Å²) in [6.45, 7) is 6.57. The minimum atomic E-state index is -0.0496. The van der Waals surface area contributed by atoms with Gasteiger partial charge in [0.15, 0.2) is 0 Å². The summed E-state index contributed by atoms with van der Waals surface area (Å²) in [7, 11) is 0. The van der Waals surface area contributed by atoms with Gasteiger partial charge in [0, 0.05) is 31.0 Å². The van der Waals surface area contributed by atoms with Crippen LogP contribution in [0.1, 0.15) is 45.1 Å². The van der Waals surface area contributed by atoms with Gasteiger partial charge in [0.25, 0.3) is 0 Å². The maximum atomic E-state index is 9.72. The Hall–Kier alpha value is -0.800. The van der Waals surface area contributed by atoms with Crippen LogP contribution in [0, 0.1) is 5.92 Å². The lowest BCUT2D eigenvalue weighted by Crippen LogP contribution is -2.51. The van der Waals surface area contributed by atoms with E-state index in [-0.39, 0.29) is 12.1 Å². The molecule has 2 rings (SSSR count). The van der Waals surface area contributed by atoms with Gasteiger partial charge in [-0.05, 0) is 37.3 Å². The Morgan fingerprint density at radius 3 is 3.00 bits per heavy atom. The molecule has 1 aromatic heterocycles. The number of hydrogen-bond donors (Lipinski definition) is 2. The van der Waals surface area contributed by atoms with Crippen molar-refractivity contribution in [2.45, 2.75) is 58.2 Å². The van der Waals surface area contributed by atoms with E-state index in [4.69, 9.17) is 0 Å². The number of nitrogens with zero attached hydrogens (tertiary/aromatic N) is 1. The molecule has 0 bridgehead atoms. The minimum Gasteiger partial charge on any atom is -0.394 e. The summed E-state index contributed by atoms with van der Waals surface area (Å²) in [5.41, 5.74) is 1.26. The van der Waals surface area contributed by atoms with E-state index in [2.05, 4.69) is 42.2 Å². The molecule has 3 heteroatoms. The molecule has 3 nitrogen and oxygen atoms in total. The van der Waals surface area contributed by atoms with Gasteiger partial charge in [-0.3, -0.25) is 0 Å². The van der Waals surface area contributed by atoms with E-state index in [1.807, 2.05) is 0 Å². The second kappa shape index (κ2) is 5.89. The summed E-state index contributed by atoms with van der Waals surface area (Å²) < 4.78 is 2.19. The summed E-state index contributed by atoms with van der Waals surface area (Å²) >= 11 is 0. The van der Waals surface area contributed by atoms with Gasteiger partial charge in [0.2, 0.25) is 0 Å². The van der Waals surface area contributed by atoms with Crippen molar-refractivity contribution >= 4 is 0 Å². The van der Waals surface area contributed by atoms with Gasteiger partial charge >= 0.3 is 0 Å². The maximum absolute atomic E-state index is 9.72. The molecule has 102 valence electrons. The number of aliphatic hydroxyl groups is 1. The number of aliphatic hydroxyl groups excluding tert-OH is 1. The quantitative estimate of drug-likeness (QED) is 0.842. The maximum Gasteiger partial charge on any atom is 0.0613 e. The van der Waals surface area contributed by atoms with Crippen molar-refractivity contribution in [3.05, 3.63) is 24.0 Å². The van der Waals surface area contributed by atoms with Crippen LogP contribution in [0.4, 0.5) is 0 Å². The summed E-state index contributed by atoms with van der Waals surface area (Å²) in [5.74, 6) is 0.721. The fourth-order valence-corrected chi connectivity index (χ4v) is 3.10. The highest BCUT2D eigenvalue weighted by Crippen LogP contribution is 2.32. The lowest BCUT2D eigenvalue weighted by atomic mass is 9.77. The fourth-order valence-electron chi connectivity index (χ4n) is 3.10. The van der Waals surface area contributed by atoms with Crippen LogP contribution in [0.5, 0.6) is 0 Å². The van der Waals surface area contributed by atoms with E-state index < -0.39 is 0 Å². The van der Waals surface area contributed by atoms with Gasteiger partial charge in [-0.15, -0.1) is 0 Å². The summed E-state index contributed by atoms with van der Waals surface area (Å²) in [6, 6.07) is 2.16. The van der Waals surface area contributed by atoms with Gasteiger partial charge < -0.3 is 15.0 Å². The molecule has 0 aliphatic heterocycles. The number of aromatic nitrogens is 1. The van der Waals surface area contributed by atoms with Crippen molar-refractivity contribution in [3.8, 4) is 0 Å². The zero-order chi connectivity index (χ0) is 13.0. The Morgan fingerprint density at radius 1 is 1.56 bits per heavy atom. The SMILES string of the molecule is CCn1ccc(CNC2(CO)CCCC(C)C2)c1. The molecular formula is C15H26N2O. The monoisotopic (exact) mass is 250 g/mol. The first-order chi connectivity index (χ1) is 8.67. The van der Waals surface area contributed by atoms with Crippen LogP contribution >= 0.6 is 0 Å². The number of nitrogens with one attached hydrogen (secondary N) is 1. The Balaban J connectivity index is 1.93. The molecule has 0 aromatic carbocycles. The van der Waals surface area contributed by atoms with Gasteiger partial charge in [-0.25, -0.2) is 0 Å². The van der Waals surface area contributed by atoms with Crippen LogP contribution in [0.2, 0.25) is 0 Å². The minimum absolute atomic E-state index is 0.0496. The predicted octanol–water partition coefficient (Wildman–Crippen LogP) is 2.54. The molecule has 1 aliphatic rings. The molecule has 2 N–H and O–H groups in total. The molecule has 0 saturated heterocycles. The Labute approximate surface area is 110 Å². The van der Waals surface area contributed by atoms with E-state index in [9.17, 15) is 5.11 Å². The van der Waals surface area contributed by atoms with Gasteiger partial charge in [0.1, 0.15) is 0 Å². The molecule has 1 aliphatic carbocycles. The van der Waals surface area contributed by atoms with E-state index in [1.165, 1.54) is 18.4 Å². The zero-order valence-corrected chi connectivity index (χ0v) is 11.7. The van der Waals surface area contributed by atoms with E-state index in [0.717, 1.165) is 31.8 Å². The third-order valence-electron chi connectivity index (χ3n) is 4.24. The third kappa shape index (κ3) is 3.15. The lowest BCUT2D eigenvalue weighted by Gasteiger charge is -2.39. The topological polar surface area (TPSA) is 37.2 Å². The van der Waals surface area contributed by atoms with Gasteiger partial charge in [-0.1, -0.05) is 19.8 Å². The van der Waals surface area contributed by atoms with E-state index in [1.54, 1.807) is 0 Å². The molecule has 0 amide bonds. The second-order valence-electron chi connectivity index (χ2n) is 5.84. The molecule has 2 atom stereocenters. The number of aryl methyl sites for hydroxylation is 1. The van der Waals surface area contributed by atoms with Gasteiger partial charge in [0.05, 0.1) is 6.61 Å². The van der Waals surface area contributed by atoms with Crippen LogP contribution in [0.25, 0.3) is 0 Å². The lowest BCUT2D eigenvalue weighted by molar-refractivity contribution is 0.0982. The van der Waals surface area contributed by atoms with Crippen molar-refractivity contribution in [1.82, 2.24) is 9.88 Å². The second-order valence-corrected chi connectivity index (χ2v) is 5.84. The third-order valence-corrected chi connectivity index (χ3v) is 4.24. The van der Waals surface area contributed by atoms with E-state index in [0.29, 0.717) is 0 Å². The Bertz CT molecular complexity index is 374. The largest absolute Gasteiger partial charge is 0.394 e. The Kier molecular flexibility index (Phi) is 4.46. The average molecular weight is 250 g/mol. The van der Waals surface area contributed by atoms with Crippen molar-refractivity contribution in [2.75, 3.05) is 6.61 Å². The van der Waals surface area contributed by atoms with Crippen LogP contribution in [-0.4, -0.2) is 21.8 Å². The normalized spacial score (nSPS) is 28.5. The molecule has 1 saturated carbocycles. The molecule has 1 heterocycles. The van der Waals surface area contributed by atoms with Crippen molar-refractivity contribution in [1.29, 1.82) is 0 Å². The summed E-state index contributed by atoms with van der Waals surface area (Å²) in [4.78, 5) is 0. The number of hydrogen-bond acceptors (Lipinski definition) is 2. The average Bonchev–Trinajstić information content (AvgIpc) is 2.84. The highest BCUT2D eigenvalue weighted by molar-refractivity contribution is 5.11. The highest BCUT2D eigenvalue weighted by Gasteiger charge is 2.33. The van der Waals surface area contributed by atoms with Gasteiger partial charge in [-0.2, -0.15) is 0 Å². The molecule has 1 fully saturated rings. The van der Waals surface area contributed by atoms with E-state index >= 15 is 0 Å². The summed E-state index contributed by atoms with van der Waals surface area (Å²) in [5, 5.41) is 13.3. The fraction of sp³-hybridized carbons (Fsp3) is 0.733. The first-order valence-electron chi connectivity index (χ1n) is 7.18. The standard InChI is InChI=1S/C15H26N2O/c1-3-17-8-6-14(11-17)10-16-15(12-18)7-4-5-13(2)9-15/h6,8,11,13,16,18H,3-5,7,9-10,12H2,1-2H3. The predicted molar refractivity (Wildman–Crippen MR) is 74.4 cm³/mol. The first kappa shape index (κ1) is 13.6. The molecular weight excluding hydrogens is 224 g/mol. The highest BCUT2D eigenvalue weighted by atomic mass is 16.3. The molecule has 0 radical (unpaired) electrons. The smallest absolute Gasteiger partial charge is 0.0613 e. The molecule has 18 heavy (non-hydrogen) atoms. The Morgan fingerprint density at radius 2 is 2.39 bits per heavy atom. The summed E-state index contributed by atoms with van der Waals surface area (Å²) in [6.07, 6.45) is 9.02. The first-order valence-corrected chi connectivity index (χ1v) is 7.18. The van der Waals surface area contributed by atoms with Crippen LogP contribution in [-0.2, 0) is 13.1 Å². The van der Waals surface area contributed by atoms with Crippen LogP contribution in [0.3, 0.4) is 0 Å². The number of rotatable bonds is 5. The zero-order valence-electron chi connectivity index (χ0n) is 11.7. The molecule has 2 unspecified atom stereocenters. The van der Waals surface area contributed by atoms with Crippen molar-refractivity contribution in [3.63, 3.8) is 0 Å². The van der Waals surface area contributed by atoms with Crippen LogP contribution < -0.4 is 5.32 Å². The van der Waals surface area contributed by atoms with Crippen LogP contribution in [0.15, 0.2) is 18.5 Å². The van der Waals surface area contributed by atoms with Crippen molar-refractivity contribution in [2.24, 2.45) is 5.92 Å².